The fraction of sp³-hybridized carbons (Fsp3) is 0.500. The Morgan fingerprint density at radius 3 is 2.37 bits per heavy atom. The zero-order chi connectivity index (χ0) is 14.6. The largest absolute Gasteiger partial charge is 0.348 e. The molecule has 0 aromatic heterocycles. The fourth-order valence-electron chi connectivity index (χ4n) is 1.78. The number of halogens is 2. The molecule has 0 aliphatic carbocycles. The molecule has 1 unspecified atom stereocenters. The van der Waals surface area contributed by atoms with Gasteiger partial charge >= 0.3 is 0 Å². The average Bonchev–Trinajstić information content (AvgIpc) is 2.40. The minimum absolute atomic E-state index is 0.143. The molecule has 1 atom stereocenters. The van der Waals surface area contributed by atoms with E-state index in [2.05, 4.69) is 5.32 Å². The standard InChI is InChI=1S/C14H20Cl2N2O/c1-4-14(17,5-2)13(19)18-9(3)10-6-7-11(15)12(16)8-10/h6-9H,4-5,17H2,1-3H3,(H,18,19). The van der Waals surface area contributed by atoms with Crippen LogP contribution in [0.1, 0.15) is 45.2 Å². The summed E-state index contributed by atoms with van der Waals surface area (Å²) in [6.45, 7) is 5.71. The maximum Gasteiger partial charge on any atom is 0.240 e. The predicted octanol–water partition coefficient (Wildman–Crippen LogP) is 3.69. The molecule has 0 radical (unpaired) electrons. The summed E-state index contributed by atoms with van der Waals surface area (Å²) in [4.78, 5) is 12.2. The first-order chi connectivity index (χ1) is 8.84. The highest BCUT2D eigenvalue weighted by Gasteiger charge is 2.30. The molecule has 3 nitrogen and oxygen atoms in total. The third kappa shape index (κ3) is 3.85. The second kappa shape index (κ2) is 6.60. The van der Waals surface area contributed by atoms with E-state index in [-0.39, 0.29) is 11.9 Å². The van der Waals surface area contributed by atoms with Crippen LogP contribution in [0.2, 0.25) is 10.0 Å². The number of amides is 1. The minimum Gasteiger partial charge on any atom is -0.348 e. The summed E-state index contributed by atoms with van der Waals surface area (Å²) in [5.74, 6) is -0.143. The Labute approximate surface area is 124 Å². The normalized spacial score (nSPS) is 13.2. The molecular formula is C14H20Cl2N2O. The van der Waals surface area contributed by atoms with Gasteiger partial charge in [-0.3, -0.25) is 4.79 Å². The van der Waals surface area contributed by atoms with Gasteiger partial charge in [0.1, 0.15) is 0 Å². The summed E-state index contributed by atoms with van der Waals surface area (Å²) in [6.07, 6.45) is 1.20. The number of benzene rings is 1. The van der Waals surface area contributed by atoms with E-state index in [0.29, 0.717) is 22.9 Å². The van der Waals surface area contributed by atoms with Gasteiger partial charge < -0.3 is 11.1 Å². The van der Waals surface area contributed by atoms with Gasteiger partial charge in [0, 0.05) is 0 Å². The lowest BCUT2D eigenvalue weighted by atomic mass is 9.92. The summed E-state index contributed by atoms with van der Waals surface area (Å²) in [5.41, 5.74) is 6.15. The topological polar surface area (TPSA) is 55.1 Å². The third-order valence-corrected chi connectivity index (χ3v) is 4.24. The zero-order valence-electron chi connectivity index (χ0n) is 11.5. The molecule has 19 heavy (non-hydrogen) atoms. The second-order valence-corrected chi connectivity index (χ2v) is 5.55. The molecule has 0 spiro atoms. The first-order valence-corrected chi connectivity index (χ1v) is 7.14. The van der Waals surface area contributed by atoms with Crippen LogP contribution in [-0.2, 0) is 4.79 Å². The number of rotatable bonds is 5. The van der Waals surface area contributed by atoms with Crippen molar-refractivity contribution in [1.82, 2.24) is 5.32 Å². The monoisotopic (exact) mass is 302 g/mol. The number of nitrogens with two attached hydrogens (primary N) is 1. The summed E-state index contributed by atoms with van der Waals surface area (Å²) in [5, 5.41) is 3.90. The zero-order valence-corrected chi connectivity index (χ0v) is 13.0. The van der Waals surface area contributed by atoms with Crippen molar-refractivity contribution in [3.8, 4) is 0 Å². The van der Waals surface area contributed by atoms with Crippen molar-refractivity contribution in [2.45, 2.75) is 45.2 Å². The summed E-state index contributed by atoms with van der Waals surface area (Å²) in [7, 11) is 0. The van der Waals surface area contributed by atoms with Crippen molar-refractivity contribution in [2.75, 3.05) is 0 Å². The van der Waals surface area contributed by atoms with Gasteiger partial charge in [-0.05, 0) is 37.5 Å². The number of carbonyl (C=O) groups excluding carboxylic acids is 1. The molecule has 0 saturated heterocycles. The fourth-order valence-corrected chi connectivity index (χ4v) is 2.08. The Morgan fingerprint density at radius 2 is 1.89 bits per heavy atom. The van der Waals surface area contributed by atoms with Crippen molar-refractivity contribution in [2.24, 2.45) is 5.73 Å². The lowest BCUT2D eigenvalue weighted by Gasteiger charge is -2.27. The quantitative estimate of drug-likeness (QED) is 0.871. The molecule has 1 aromatic carbocycles. The number of carbonyl (C=O) groups is 1. The molecule has 1 amide bonds. The summed E-state index contributed by atoms with van der Waals surface area (Å²) < 4.78 is 0. The molecule has 0 aliphatic heterocycles. The van der Waals surface area contributed by atoms with Crippen molar-refractivity contribution < 1.29 is 4.79 Å². The molecule has 0 aliphatic rings. The van der Waals surface area contributed by atoms with E-state index in [1.165, 1.54) is 0 Å². The van der Waals surface area contributed by atoms with E-state index in [1.807, 2.05) is 26.8 Å². The van der Waals surface area contributed by atoms with Crippen LogP contribution >= 0.6 is 23.2 Å². The van der Waals surface area contributed by atoms with Crippen LogP contribution in [0, 0.1) is 0 Å². The van der Waals surface area contributed by atoms with E-state index in [9.17, 15) is 4.79 Å². The highest BCUT2D eigenvalue weighted by atomic mass is 35.5. The number of hydrogen-bond acceptors (Lipinski definition) is 2. The van der Waals surface area contributed by atoms with Gasteiger partial charge in [-0.25, -0.2) is 0 Å². The van der Waals surface area contributed by atoms with Gasteiger partial charge in [-0.2, -0.15) is 0 Å². The van der Waals surface area contributed by atoms with Crippen LogP contribution in [0.25, 0.3) is 0 Å². The molecule has 0 bridgehead atoms. The van der Waals surface area contributed by atoms with Crippen LogP contribution in [0.5, 0.6) is 0 Å². The Morgan fingerprint density at radius 1 is 1.32 bits per heavy atom. The van der Waals surface area contributed by atoms with Gasteiger partial charge in [-0.15, -0.1) is 0 Å². The molecule has 3 N–H and O–H groups in total. The third-order valence-electron chi connectivity index (χ3n) is 3.51. The van der Waals surface area contributed by atoms with Crippen molar-refractivity contribution in [3.05, 3.63) is 33.8 Å². The van der Waals surface area contributed by atoms with Crippen LogP contribution in [-0.4, -0.2) is 11.4 Å². The smallest absolute Gasteiger partial charge is 0.240 e. The Hall–Kier alpha value is -0.770. The van der Waals surface area contributed by atoms with Crippen LogP contribution < -0.4 is 11.1 Å². The maximum atomic E-state index is 12.2. The highest BCUT2D eigenvalue weighted by molar-refractivity contribution is 6.42. The Balaban J connectivity index is 2.82. The molecule has 106 valence electrons. The molecular weight excluding hydrogens is 283 g/mol. The minimum atomic E-state index is -0.815. The van der Waals surface area contributed by atoms with Gasteiger partial charge in [0.2, 0.25) is 5.91 Å². The van der Waals surface area contributed by atoms with Crippen molar-refractivity contribution in [3.63, 3.8) is 0 Å². The van der Waals surface area contributed by atoms with Gasteiger partial charge in [0.25, 0.3) is 0 Å². The van der Waals surface area contributed by atoms with E-state index in [4.69, 9.17) is 28.9 Å². The lowest BCUT2D eigenvalue weighted by Crippen LogP contribution is -2.53. The Bertz CT molecular complexity index is 459. The molecule has 1 rings (SSSR count). The van der Waals surface area contributed by atoms with E-state index < -0.39 is 5.54 Å². The summed E-state index contributed by atoms with van der Waals surface area (Å²) in [6, 6.07) is 5.15. The van der Waals surface area contributed by atoms with Gasteiger partial charge in [0.05, 0.1) is 21.6 Å². The lowest BCUT2D eigenvalue weighted by molar-refractivity contribution is -0.127. The maximum absolute atomic E-state index is 12.2. The first kappa shape index (κ1) is 16.3. The molecule has 0 heterocycles. The predicted molar refractivity (Wildman–Crippen MR) is 80.5 cm³/mol. The average molecular weight is 303 g/mol. The molecule has 5 heteroatoms. The number of hydrogen-bond donors (Lipinski definition) is 2. The number of nitrogens with one attached hydrogen (secondary N) is 1. The van der Waals surface area contributed by atoms with Crippen LogP contribution in [0.3, 0.4) is 0 Å². The van der Waals surface area contributed by atoms with Crippen LogP contribution in [0.15, 0.2) is 18.2 Å². The first-order valence-electron chi connectivity index (χ1n) is 6.38. The SMILES string of the molecule is CCC(N)(CC)C(=O)NC(C)c1ccc(Cl)c(Cl)c1. The Kier molecular flexibility index (Phi) is 5.65. The highest BCUT2D eigenvalue weighted by Crippen LogP contribution is 2.26. The molecule has 0 saturated carbocycles. The van der Waals surface area contributed by atoms with E-state index in [0.717, 1.165) is 5.56 Å². The van der Waals surface area contributed by atoms with Crippen LogP contribution in [0.4, 0.5) is 0 Å². The molecule has 0 fully saturated rings. The molecule has 1 aromatic rings. The van der Waals surface area contributed by atoms with Gasteiger partial charge in [-0.1, -0.05) is 43.1 Å². The van der Waals surface area contributed by atoms with Crippen molar-refractivity contribution >= 4 is 29.1 Å². The van der Waals surface area contributed by atoms with E-state index in [1.54, 1.807) is 12.1 Å². The second-order valence-electron chi connectivity index (χ2n) is 4.73. The summed E-state index contributed by atoms with van der Waals surface area (Å²) >= 11 is 11.8. The van der Waals surface area contributed by atoms with E-state index >= 15 is 0 Å². The van der Waals surface area contributed by atoms with Gasteiger partial charge in [0.15, 0.2) is 0 Å². The van der Waals surface area contributed by atoms with Crippen molar-refractivity contribution in [1.29, 1.82) is 0 Å².